The van der Waals surface area contributed by atoms with Gasteiger partial charge in [0.2, 0.25) is 0 Å². The smallest absolute Gasteiger partial charge is 0.318 e. The Balaban J connectivity index is 2.09. The van der Waals surface area contributed by atoms with Gasteiger partial charge in [0.05, 0.1) is 0 Å². The zero-order valence-corrected chi connectivity index (χ0v) is 12.8. The highest BCUT2D eigenvalue weighted by Gasteiger charge is 2.31. The minimum atomic E-state index is -4.42. The van der Waals surface area contributed by atoms with E-state index in [1.807, 2.05) is 18.4 Å². The number of carbonyl (C=O) groups is 1. The number of rotatable bonds is 3. The Morgan fingerprint density at radius 1 is 1.41 bits per heavy atom. The summed E-state index contributed by atoms with van der Waals surface area (Å²) in [5.41, 5.74) is 2.11. The zero-order chi connectivity index (χ0) is 16.3. The maximum atomic E-state index is 12.3. The maximum absolute atomic E-state index is 12.3. The molecule has 0 bridgehead atoms. The number of hydrogen-bond donors (Lipinski definition) is 1. The van der Waals surface area contributed by atoms with Crippen molar-refractivity contribution in [1.29, 1.82) is 0 Å². The minimum Gasteiger partial charge on any atom is -0.318 e. The van der Waals surface area contributed by atoms with Crippen LogP contribution in [0.5, 0.6) is 0 Å². The van der Waals surface area contributed by atoms with Gasteiger partial charge in [-0.1, -0.05) is 12.1 Å². The van der Waals surface area contributed by atoms with Crippen LogP contribution in [0.1, 0.15) is 5.69 Å². The highest BCUT2D eigenvalue weighted by molar-refractivity contribution is 7.13. The first-order valence-corrected chi connectivity index (χ1v) is 7.24. The molecule has 0 unspecified atom stereocenters. The van der Waals surface area contributed by atoms with Crippen molar-refractivity contribution < 1.29 is 18.0 Å². The maximum Gasteiger partial charge on any atom is 0.406 e. The summed E-state index contributed by atoms with van der Waals surface area (Å²) < 4.78 is 36.8. The van der Waals surface area contributed by atoms with Crippen LogP contribution in [-0.4, -0.2) is 35.7 Å². The van der Waals surface area contributed by atoms with E-state index in [4.69, 9.17) is 0 Å². The molecule has 0 spiro atoms. The number of nitrogens with zero attached hydrogens (tertiary/aromatic N) is 2. The predicted octanol–water partition coefficient (Wildman–Crippen LogP) is 4.14. The molecule has 2 rings (SSSR count). The zero-order valence-electron chi connectivity index (χ0n) is 11.9. The van der Waals surface area contributed by atoms with Crippen LogP contribution in [0.25, 0.3) is 10.6 Å². The number of aryl methyl sites for hydroxylation is 1. The van der Waals surface area contributed by atoms with E-state index >= 15 is 0 Å². The van der Waals surface area contributed by atoms with E-state index < -0.39 is 18.8 Å². The molecular weight excluding hydrogens is 315 g/mol. The summed E-state index contributed by atoms with van der Waals surface area (Å²) in [6.45, 7) is 0.571. The summed E-state index contributed by atoms with van der Waals surface area (Å²) in [4.78, 5) is 16.7. The number of aromatic nitrogens is 1. The van der Waals surface area contributed by atoms with Gasteiger partial charge in [-0.05, 0) is 19.1 Å². The number of urea groups is 1. The van der Waals surface area contributed by atoms with Gasteiger partial charge in [-0.15, -0.1) is 11.3 Å². The number of amides is 2. The molecular formula is C14H14F3N3OS. The number of carbonyl (C=O) groups excluding carboxylic acids is 1. The Kier molecular flexibility index (Phi) is 4.70. The lowest BCUT2D eigenvalue weighted by Gasteiger charge is -2.19. The minimum absolute atomic E-state index is 0.421. The van der Waals surface area contributed by atoms with Crippen molar-refractivity contribution in [2.75, 3.05) is 18.9 Å². The highest BCUT2D eigenvalue weighted by Crippen LogP contribution is 2.26. The molecule has 118 valence electrons. The van der Waals surface area contributed by atoms with Crippen molar-refractivity contribution in [2.24, 2.45) is 0 Å². The van der Waals surface area contributed by atoms with E-state index in [2.05, 4.69) is 10.3 Å². The molecule has 1 aromatic heterocycles. The van der Waals surface area contributed by atoms with Crippen LogP contribution in [-0.2, 0) is 0 Å². The van der Waals surface area contributed by atoms with E-state index in [1.165, 1.54) is 11.3 Å². The van der Waals surface area contributed by atoms with E-state index in [0.717, 1.165) is 23.3 Å². The fourth-order valence-electron chi connectivity index (χ4n) is 1.78. The SMILES string of the molecule is Cc1csc(-c2cccc(NC(=O)N(C)CC(F)(F)F)c2)n1. The number of alkyl halides is 3. The van der Waals surface area contributed by atoms with Crippen LogP contribution in [0.3, 0.4) is 0 Å². The van der Waals surface area contributed by atoms with Gasteiger partial charge in [-0.25, -0.2) is 9.78 Å². The first-order chi connectivity index (χ1) is 10.2. The summed E-state index contributed by atoms with van der Waals surface area (Å²) in [7, 11) is 1.09. The molecule has 4 nitrogen and oxygen atoms in total. The molecule has 0 aliphatic carbocycles. The largest absolute Gasteiger partial charge is 0.406 e. The van der Waals surface area contributed by atoms with Crippen LogP contribution < -0.4 is 5.32 Å². The molecule has 0 aliphatic rings. The van der Waals surface area contributed by atoms with Gasteiger partial charge in [0.25, 0.3) is 0 Å². The second-order valence-corrected chi connectivity index (χ2v) is 5.63. The summed E-state index contributed by atoms with van der Waals surface area (Å²) >= 11 is 1.46. The number of nitrogens with one attached hydrogen (secondary N) is 1. The lowest BCUT2D eigenvalue weighted by molar-refractivity contribution is -0.137. The van der Waals surface area contributed by atoms with Crippen molar-refractivity contribution in [3.63, 3.8) is 0 Å². The third-order valence-electron chi connectivity index (χ3n) is 2.74. The van der Waals surface area contributed by atoms with Crippen molar-refractivity contribution >= 4 is 23.1 Å². The predicted molar refractivity (Wildman–Crippen MR) is 80.0 cm³/mol. The molecule has 2 amide bonds. The van der Waals surface area contributed by atoms with Crippen LogP contribution in [0.4, 0.5) is 23.7 Å². The topological polar surface area (TPSA) is 45.2 Å². The lowest BCUT2D eigenvalue weighted by Crippen LogP contribution is -2.38. The Labute approximate surface area is 129 Å². The molecule has 0 aliphatic heterocycles. The standard InChI is InChI=1S/C14H14F3N3OS/c1-9-7-22-12(18-9)10-4-3-5-11(6-10)19-13(21)20(2)8-14(15,16)17/h3-7H,8H2,1-2H3,(H,19,21). The van der Waals surface area contributed by atoms with Gasteiger partial charge in [0.15, 0.2) is 0 Å². The fourth-order valence-corrected chi connectivity index (χ4v) is 2.57. The molecule has 2 aromatic rings. The van der Waals surface area contributed by atoms with Crippen molar-refractivity contribution in [2.45, 2.75) is 13.1 Å². The highest BCUT2D eigenvalue weighted by atomic mass is 32.1. The third kappa shape index (κ3) is 4.45. The second kappa shape index (κ2) is 6.35. The van der Waals surface area contributed by atoms with Gasteiger partial charge in [-0.3, -0.25) is 0 Å². The first kappa shape index (κ1) is 16.3. The first-order valence-electron chi connectivity index (χ1n) is 6.36. The Hall–Kier alpha value is -2.09. The van der Waals surface area contributed by atoms with Crippen molar-refractivity contribution in [1.82, 2.24) is 9.88 Å². The van der Waals surface area contributed by atoms with Gasteiger partial charge in [-0.2, -0.15) is 13.2 Å². The van der Waals surface area contributed by atoms with E-state index in [-0.39, 0.29) is 0 Å². The summed E-state index contributed by atoms with van der Waals surface area (Å²) in [5.74, 6) is 0. The number of anilines is 1. The van der Waals surface area contributed by atoms with Crippen molar-refractivity contribution in [3.8, 4) is 10.6 Å². The Morgan fingerprint density at radius 2 is 2.14 bits per heavy atom. The van der Waals surface area contributed by atoms with E-state index in [0.29, 0.717) is 10.6 Å². The normalized spacial score (nSPS) is 11.3. The second-order valence-electron chi connectivity index (χ2n) is 4.78. The average molecular weight is 329 g/mol. The molecule has 0 radical (unpaired) electrons. The van der Waals surface area contributed by atoms with Crippen molar-refractivity contribution in [3.05, 3.63) is 35.3 Å². The van der Waals surface area contributed by atoms with Gasteiger partial charge < -0.3 is 10.2 Å². The molecule has 0 saturated heterocycles. The van der Waals surface area contributed by atoms with Crippen LogP contribution >= 0.6 is 11.3 Å². The molecule has 1 heterocycles. The van der Waals surface area contributed by atoms with Crippen LogP contribution in [0, 0.1) is 6.92 Å². The lowest BCUT2D eigenvalue weighted by atomic mass is 10.2. The summed E-state index contributed by atoms with van der Waals surface area (Å²) in [5, 5.41) is 5.13. The van der Waals surface area contributed by atoms with Gasteiger partial charge >= 0.3 is 12.2 Å². The molecule has 0 atom stereocenters. The monoisotopic (exact) mass is 329 g/mol. The number of halogens is 3. The molecule has 1 N–H and O–H groups in total. The molecule has 22 heavy (non-hydrogen) atoms. The Bertz CT molecular complexity index is 669. The fraction of sp³-hybridized carbons (Fsp3) is 0.286. The summed E-state index contributed by atoms with van der Waals surface area (Å²) in [6, 6.07) is 6.02. The number of benzene rings is 1. The van der Waals surface area contributed by atoms with Gasteiger partial charge in [0.1, 0.15) is 11.6 Å². The Morgan fingerprint density at radius 3 is 2.73 bits per heavy atom. The van der Waals surface area contributed by atoms with E-state index in [9.17, 15) is 18.0 Å². The number of hydrogen-bond acceptors (Lipinski definition) is 3. The molecule has 8 heteroatoms. The van der Waals surface area contributed by atoms with Crippen LogP contribution in [0.15, 0.2) is 29.6 Å². The van der Waals surface area contributed by atoms with Gasteiger partial charge in [0, 0.05) is 29.4 Å². The average Bonchev–Trinajstić information content (AvgIpc) is 2.84. The number of thiazole rings is 1. The third-order valence-corrected chi connectivity index (χ3v) is 3.75. The quantitative estimate of drug-likeness (QED) is 0.919. The van der Waals surface area contributed by atoms with Crippen LogP contribution in [0.2, 0.25) is 0 Å². The molecule has 0 saturated carbocycles. The summed E-state index contributed by atoms with van der Waals surface area (Å²) in [6.07, 6.45) is -4.42. The molecule has 0 fully saturated rings. The molecule has 1 aromatic carbocycles. The van der Waals surface area contributed by atoms with E-state index in [1.54, 1.807) is 18.2 Å².